The fourth-order valence-corrected chi connectivity index (χ4v) is 1.02. The highest BCUT2D eigenvalue weighted by Gasteiger charge is 1.91. The number of nitrogens with one attached hydrogen (secondary N) is 2. The predicted molar refractivity (Wildman–Crippen MR) is 42.3 cm³/mol. The highest BCUT2D eigenvalue weighted by molar-refractivity contribution is 7.13. The van der Waals surface area contributed by atoms with Crippen LogP contribution >= 0.6 is 11.3 Å². The highest BCUT2D eigenvalue weighted by atomic mass is 32.1. The van der Waals surface area contributed by atoms with Gasteiger partial charge in [0.2, 0.25) is 5.13 Å². The van der Waals surface area contributed by atoms with Gasteiger partial charge in [0.1, 0.15) is 5.51 Å². The minimum Gasteiger partial charge on any atom is -0.359 e. The average molecular weight is 158 g/mol. The lowest BCUT2D eigenvalue weighted by Gasteiger charge is -1.98. The van der Waals surface area contributed by atoms with Crippen molar-refractivity contribution in [3.05, 3.63) is 5.51 Å². The molecule has 10 heavy (non-hydrogen) atoms. The van der Waals surface area contributed by atoms with E-state index in [2.05, 4.69) is 20.8 Å². The Hall–Kier alpha value is -0.680. The van der Waals surface area contributed by atoms with E-state index in [-0.39, 0.29) is 0 Å². The topological polar surface area (TPSA) is 49.8 Å². The Kier molecular flexibility index (Phi) is 3.11. The molecule has 56 valence electrons. The molecule has 0 amide bonds. The third-order valence-corrected chi connectivity index (χ3v) is 1.66. The number of nitrogens with zero attached hydrogens (tertiary/aromatic N) is 2. The molecule has 0 spiro atoms. The van der Waals surface area contributed by atoms with Gasteiger partial charge in [-0.25, -0.2) is 0 Å². The average Bonchev–Trinajstić information content (AvgIpc) is 2.41. The highest BCUT2D eigenvalue weighted by Crippen LogP contribution is 2.05. The van der Waals surface area contributed by atoms with Crippen LogP contribution in [-0.4, -0.2) is 30.3 Å². The Morgan fingerprint density at radius 2 is 2.50 bits per heavy atom. The van der Waals surface area contributed by atoms with Crippen LogP contribution in [-0.2, 0) is 0 Å². The van der Waals surface area contributed by atoms with E-state index in [1.165, 1.54) is 11.3 Å². The maximum atomic E-state index is 3.82. The Morgan fingerprint density at radius 3 is 3.10 bits per heavy atom. The first-order valence-electron chi connectivity index (χ1n) is 3.08. The van der Waals surface area contributed by atoms with Crippen LogP contribution < -0.4 is 10.6 Å². The van der Waals surface area contributed by atoms with Crippen molar-refractivity contribution < 1.29 is 0 Å². The van der Waals surface area contributed by atoms with Crippen LogP contribution in [0, 0.1) is 0 Å². The molecular weight excluding hydrogens is 148 g/mol. The van der Waals surface area contributed by atoms with Gasteiger partial charge in [-0.1, -0.05) is 11.3 Å². The third-order valence-electron chi connectivity index (χ3n) is 1.01. The number of rotatable bonds is 4. The molecule has 1 aromatic rings. The van der Waals surface area contributed by atoms with Gasteiger partial charge in [-0.05, 0) is 7.05 Å². The number of hydrogen-bond acceptors (Lipinski definition) is 5. The predicted octanol–water partition coefficient (Wildman–Crippen LogP) is 0.169. The van der Waals surface area contributed by atoms with Crippen molar-refractivity contribution in [3.8, 4) is 0 Å². The number of hydrogen-bond donors (Lipinski definition) is 2. The number of anilines is 1. The molecule has 0 radical (unpaired) electrons. The summed E-state index contributed by atoms with van der Waals surface area (Å²) in [6, 6.07) is 0. The molecule has 5 heteroatoms. The van der Waals surface area contributed by atoms with Crippen molar-refractivity contribution in [2.24, 2.45) is 0 Å². The summed E-state index contributed by atoms with van der Waals surface area (Å²) in [6.07, 6.45) is 0. The maximum absolute atomic E-state index is 3.82. The second-order valence-electron chi connectivity index (χ2n) is 1.77. The second-order valence-corrected chi connectivity index (χ2v) is 2.61. The summed E-state index contributed by atoms with van der Waals surface area (Å²) in [5.41, 5.74) is 1.71. The number of likely N-dealkylation sites (N-methyl/N-ethyl adjacent to an activating group) is 1. The van der Waals surface area contributed by atoms with Crippen molar-refractivity contribution in [2.45, 2.75) is 0 Å². The van der Waals surface area contributed by atoms with Crippen LogP contribution in [0.5, 0.6) is 0 Å². The molecular formula is C5H10N4S. The maximum Gasteiger partial charge on any atom is 0.205 e. The van der Waals surface area contributed by atoms with Gasteiger partial charge < -0.3 is 10.6 Å². The number of aromatic nitrogens is 2. The zero-order valence-electron chi connectivity index (χ0n) is 5.79. The molecule has 0 aliphatic heterocycles. The minimum atomic E-state index is 0.884. The summed E-state index contributed by atoms with van der Waals surface area (Å²) in [5, 5.41) is 14.5. The van der Waals surface area contributed by atoms with Crippen molar-refractivity contribution in [3.63, 3.8) is 0 Å². The molecule has 0 atom stereocenters. The molecule has 0 saturated heterocycles. The Bertz CT molecular complexity index is 162. The summed E-state index contributed by atoms with van der Waals surface area (Å²) in [5.74, 6) is 0. The Balaban J connectivity index is 2.15. The van der Waals surface area contributed by atoms with E-state index < -0.39 is 0 Å². The Labute approximate surface area is 63.7 Å². The molecule has 0 fully saturated rings. The second kappa shape index (κ2) is 4.19. The van der Waals surface area contributed by atoms with E-state index in [0.717, 1.165) is 18.2 Å². The van der Waals surface area contributed by atoms with Crippen LogP contribution in [0.4, 0.5) is 5.13 Å². The molecule has 0 bridgehead atoms. The first-order chi connectivity index (χ1) is 4.93. The summed E-state index contributed by atoms with van der Waals surface area (Å²) < 4.78 is 0. The van der Waals surface area contributed by atoms with Gasteiger partial charge in [0, 0.05) is 13.1 Å². The molecule has 4 nitrogen and oxygen atoms in total. The van der Waals surface area contributed by atoms with Crippen LogP contribution in [0.1, 0.15) is 0 Å². The van der Waals surface area contributed by atoms with E-state index in [4.69, 9.17) is 0 Å². The SMILES string of the molecule is CNCCNc1nncs1. The van der Waals surface area contributed by atoms with Gasteiger partial charge in [0.05, 0.1) is 0 Å². The van der Waals surface area contributed by atoms with Gasteiger partial charge in [-0.3, -0.25) is 0 Å². The van der Waals surface area contributed by atoms with E-state index in [9.17, 15) is 0 Å². The van der Waals surface area contributed by atoms with Gasteiger partial charge in [-0.15, -0.1) is 10.2 Å². The fraction of sp³-hybridized carbons (Fsp3) is 0.600. The van der Waals surface area contributed by atoms with Crippen molar-refractivity contribution in [1.29, 1.82) is 0 Å². The first-order valence-corrected chi connectivity index (χ1v) is 3.96. The van der Waals surface area contributed by atoms with E-state index in [1.807, 2.05) is 7.05 Å². The largest absolute Gasteiger partial charge is 0.359 e. The van der Waals surface area contributed by atoms with E-state index >= 15 is 0 Å². The van der Waals surface area contributed by atoms with Crippen LogP contribution in [0.15, 0.2) is 5.51 Å². The van der Waals surface area contributed by atoms with E-state index in [1.54, 1.807) is 5.51 Å². The molecule has 2 N–H and O–H groups in total. The molecule has 1 aromatic heterocycles. The Morgan fingerprint density at radius 1 is 1.60 bits per heavy atom. The van der Waals surface area contributed by atoms with Gasteiger partial charge >= 0.3 is 0 Å². The molecule has 1 rings (SSSR count). The minimum absolute atomic E-state index is 0.884. The summed E-state index contributed by atoms with van der Waals surface area (Å²) in [7, 11) is 1.92. The van der Waals surface area contributed by atoms with Gasteiger partial charge in [-0.2, -0.15) is 0 Å². The molecule has 0 saturated carbocycles. The molecule has 0 aromatic carbocycles. The van der Waals surface area contributed by atoms with Crippen LogP contribution in [0.2, 0.25) is 0 Å². The summed E-state index contributed by atoms with van der Waals surface area (Å²) >= 11 is 1.51. The molecule has 1 heterocycles. The molecule has 0 unspecified atom stereocenters. The standard InChI is InChI=1S/C5H10N4S/c1-6-2-3-7-5-9-8-4-10-5/h4,6H,2-3H2,1H3,(H,7,9). The van der Waals surface area contributed by atoms with Crippen LogP contribution in [0.3, 0.4) is 0 Å². The lowest BCUT2D eigenvalue weighted by molar-refractivity contribution is 0.821. The van der Waals surface area contributed by atoms with E-state index in [0.29, 0.717) is 0 Å². The van der Waals surface area contributed by atoms with Gasteiger partial charge in [0.15, 0.2) is 0 Å². The lowest BCUT2D eigenvalue weighted by atomic mass is 10.6. The van der Waals surface area contributed by atoms with Crippen molar-refractivity contribution >= 4 is 16.5 Å². The summed E-state index contributed by atoms with van der Waals surface area (Å²) in [6.45, 7) is 1.84. The third kappa shape index (κ3) is 2.28. The molecule has 0 aliphatic carbocycles. The normalized spacial score (nSPS) is 9.70. The monoisotopic (exact) mass is 158 g/mol. The van der Waals surface area contributed by atoms with Crippen molar-refractivity contribution in [2.75, 3.05) is 25.5 Å². The van der Waals surface area contributed by atoms with Crippen LogP contribution in [0.25, 0.3) is 0 Å². The quantitative estimate of drug-likeness (QED) is 0.613. The molecule has 0 aliphatic rings. The zero-order chi connectivity index (χ0) is 7.23. The zero-order valence-corrected chi connectivity index (χ0v) is 6.61. The smallest absolute Gasteiger partial charge is 0.205 e. The fourth-order valence-electron chi connectivity index (χ4n) is 0.545. The lowest BCUT2D eigenvalue weighted by Crippen LogP contribution is -2.17. The first kappa shape index (κ1) is 7.43. The summed E-state index contributed by atoms with van der Waals surface area (Å²) in [4.78, 5) is 0. The van der Waals surface area contributed by atoms with Crippen molar-refractivity contribution in [1.82, 2.24) is 15.5 Å². The van der Waals surface area contributed by atoms with Gasteiger partial charge in [0.25, 0.3) is 0 Å².